The van der Waals surface area contributed by atoms with E-state index >= 15 is 0 Å². The van der Waals surface area contributed by atoms with Gasteiger partial charge in [0.2, 0.25) is 0 Å². The summed E-state index contributed by atoms with van der Waals surface area (Å²) in [6.45, 7) is 0. The molecule has 4 aromatic rings. The Morgan fingerprint density at radius 1 is 0.700 bits per heavy atom. The number of carbonyl (C=O) groups is 1. The van der Waals surface area contributed by atoms with E-state index in [-0.39, 0.29) is 0 Å². The molecule has 8 nitrogen and oxygen atoms in total. The first-order valence-electron chi connectivity index (χ1n) is 12.6. The first-order chi connectivity index (χ1) is 19.6. The van der Waals surface area contributed by atoms with E-state index in [0.717, 1.165) is 11.1 Å². The first-order valence-corrected chi connectivity index (χ1v) is 12.6. The number of hydrogen-bond acceptors (Lipinski definition) is 8. The Bertz CT molecular complexity index is 1490. The second kappa shape index (κ2) is 11.7. The van der Waals surface area contributed by atoms with Crippen molar-refractivity contribution >= 4 is 35.0 Å². The topological polar surface area (TPSA) is 85.1 Å². The van der Waals surface area contributed by atoms with Gasteiger partial charge in [0.1, 0.15) is 11.5 Å². The summed E-state index contributed by atoms with van der Waals surface area (Å²) in [5.74, 6) is 0.840. The minimum Gasteiger partial charge on any atom is -0.497 e. The molecule has 1 aliphatic heterocycles. The Morgan fingerprint density at radius 2 is 1.18 bits per heavy atom. The standard InChI is InChI=1S/C32H28N4O4/c1-38-27-18-14-25(15-19-27)33-22-32(31(37)40-3)29(23-10-6-4-7-11-23)34-36(26-16-20-28(39-2)21-17-26)35-30(32)24-12-8-5-9-13-24/h4-22H,1-3H3. The molecule has 0 aromatic heterocycles. The van der Waals surface area contributed by atoms with Crippen molar-refractivity contribution in [2.45, 2.75) is 0 Å². The third-order valence-electron chi connectivity index (χ3n) is 6.52. The van der Waals surface area contributed by atoms with Gasteiger partial charge in [0.05, 0.1) is 44.1 Å². The zero-order chi connectivity index (χ0) is 28.0. The molecule has 0 aliphatic carbocycles. The van der Waals surface area contributed by atoms with E-state index in [9.17, 15) is 4.79 Å². The van der Waals surface area contributed by atoms with Gasteiger partial charge >= 0.3 is 5.97 Å². The highest BCUT2D eigenvalue weighted by atomic mass is 16.5. The van der Waals surface area contributed by atoms with Gasteiger partial charge in [0.25, 0.3) is 0 Å². The number of hydrogen-bond donors (Lipinski definition) is 0. The van der Waals surface area contributed by atoms with Crippen LogP contribution in [0.4, 0.5) is 11.4 Å². The number of ether oxygens (including phenoxy) is 3. The SMILES string of the molecule is COC(=O)C1(C=Nc2ccc(OC)cc2)C(c2ccccc2)=NN(c2ccc(OC)cc2)N=C1c1ccccc1. The van der Waals surface area contributed by atoms with Crippen molar-refractivity contribution in [2.24, 2.45) is 20.6 Å². The summed E-state index contributed by atoms with van der Waals surface area (Å²) >= 11 is 0. The fourth-order valence-electron chi connectivity index (χ4n) is 4.44. The molecule has 0 bridgehead atoms. The van der Waals surface area contributed by atoms with Crippen molar-refractivity contribution in [3.05, 3.63) is 120 Å². The molecule has 200 valence electrons. The number of rotatable bonds is 8. The lowest BCUT2D eigenvalue weighted by molar-refractivity contribution is -0.142. The molecule has 1 heterocycles. The van der Waals surface area contributed by atoms with E-state index in [1.54, 1.807) is 20.4 Å². The van der Waals surface area contributed by atoms with Crippen LogP contribution in [0.3, 0.4) is 0 Å². The Balaban J connectivity index is 1.77. The minimum absolute atomic E-state index is 0.418. The van der Waals surface area contributed by atoms with Gasteiger partial charge in [0.15, 0.2) is 5.41 Å². The summed E-state index contributed by atoms with van der Waals surface area (Å²) in [5.41, 5.74) is 2.02. The molecule has 0 atom stereocenters. The fraction of sp³-hybridized carbons (Fsp3) is 0.125. The summed E-state index contributed by atoms with van der Waals surface area (Å²) in [5, 5.41) is 11.4. The summed E-state index contributed by atoms with van der Waals surface area (Å²) < 4.78 is 16.1. The monoisotopic (exact) mass is 532 g/mol. The van der Waals surface area contributed by atoms with Crippen LogP contribution >= 0.6 is 0 Å². The van der Waals surface area contributed by atoms with Crippen LogP contribution in [0.2, 0.25) is 0 Å². The predicted octanol–water partition coefficient (Wildman–Crippen LogP) is 5.89. The molecule has 1 aliphatic rings. The van der Waals surface area contributed by atoms with E-state index in [1.165, 1.54) is 12.2 Å². The van der Waals surface area contributed by atoms with Crippen molar-refractivity contribution in [2.75, 3.05) is 26.4 Å². The van der Waals surface area contributed by atoms with Crippen molar-refractivity contribution in [3.63, 3.8) is 0 Å². The molecule has 5 rings (SSSR count). The lowest BCUT2D eigenvalue weighted by atomic mass is 9.73. The van der Waals surface area contributed by atoms with E-state index < -0.39 is 11.4 Å². The lowest BCUT2D eigenvalue weighted by Crippen LogP contribution is -2.53. The third-order valence-corrected chi connectivity index (χ3v) is 6.52. The van der Waals surface area contributed by atoms with Gasteiger partial charge in [-0.1, -0.05) is 60.7 Å². The van der Waals surface area contributed by atoms with Gasteiger partial charge in [0, 0.05) is 6.21 Å². The van der Waals surface area contributed by atoms with Crippen LogP contribution in [0.1, 0.15) is 11.1 Å². The number of benzene rings is 4. The van der Waals surface area contributed by atoms with E-state index in [0.29, 0.717) is 34.3 Å². The van der Waals surface area contributed by atoms with E-state index in [4.69, 9.17) is 29.4 Å². The highest BCUT2D eigenvalue weighted by Gasteiger charge is 2.52. The number of esters is 1. The highest BCUT2D eigenvalue weighted by molar-refractivity contribution is 6.43. The van der Waals surface area contributed by atoms with Crippen LogP contribution in [-0.2, 0) is 9.53 Å². The highest BCUT2D eigenvalue weighted by Crippen LogP contribution is 2.36. The Kier molecular flexibility index (Phi) is 7.68. The zero-order valence-electron chi connectivity index (χ0n) is 22.4. The zero-order valence-corrected chi connectivity index (χ0v) is 22.4. The molecule has 4 aromatic carbocycles. The molecule has 8 heteroatoms. The number of methoxy groups -OCH3 is 3. The minimum atomic E-state index is -1.57. The molecule has 0 N–H and O–H groups in total. The van der Waals surface area contributed by atoms with Gasteiger partial charge in [-0.05, 0) is 59.7 Å². The molecule has 40 heavy (non-hydrogen) atoms. The second-order valence-electron chi connectivity index (χ2n) is 8.87. The molecule has 0 amide bonds. The van der Waals surface area contributed by atoms with Crippen molar-refractivity contribution < 1.29 is 19.0 Å². The molecule has 0 spiro atoms. The molecule has 0 radical (unpaired) electrons. The molecule has 0 fully saturated rings. The van der Waals surface area contributed by atoms with Crippen LogP contribution in [0.5, 0.6) is 11.5 Å². The average Bonchev–Trinajstić information content (AvgIpc) is 3.04. The lowest BCUT2D eigenvalue weighted by Gasteiger charge is -2.35. The Morgan fingerprint density at radius 3 is 1.62 bits per heavy atom. The van der Waals surface area contributed by atoms with Crippen LogP contribution in [0.15, 0.2) is 124 Å². The van der Waals surface area contributed by atoms with Crippen LogP contribution in [0.25, 0.3) is 0 Å². The van der Waals surface area contributed by atoms with Gasteiger partial charge in [-0.15, -0.1) is 0 Å². The molecule has 0 saturated carbocycles. The van der Waals surface area contributed by atoms with E-state index in [1.807, 2.05) is 109 Å². The fourth-order valence-corrected chi connectivity index (χ4v) is 4.44. The van der Waals surface area contributed by atoms with Crippen molar-refractivity contribution in [1.29, 1.82) is 0 Å². The van der Waals surface area contributed by atoms with Gasteiger partial charge in [-0.2, -0.15) is 15.3 Å². The molecule has 0 saturated heterocycles. The number of aliphatic imine (C=N–C) groups is 1. The molecular weight excluding hydrogens is 504 g/mol. The summed E-state index contributed by atoms with van der Waals surface area (Å²) in [7, 11) is 4.57. The average molecular weight is 533 g/mol. The van der Waals surface area contributed by atoms with E-state index in [2.05, 4.69) is 0 Å². The van der Waals surface area contributed by atoms with Gasteiger partial charge < -0.3 is 14.2 Å². The number of anilines is 1. The predicted molar refractivity (Wildman–Crippen MR) is 157 cm³/mol. The summed E-state index contributed by atoms with van der Waals surface area (Å²) in [6, 6.07) is 33.6. The maximum Gasteiger partial charge on any atom is 0.329 e. The maximum atomic E-state index is 14.0. The third kappa shape index (κ3) is 5.07. The quantitative estimate of drug-likeness (QED) is 0.209. The Hall–Kier alpha value is -5.24. The second-order valence-corrected chi connectivity index (χ2v) is 8.87. The smallest absolute Gasteiger partial charge is 0.329 e. The van der Waals surface area contributed by atoms with Crippen LogP contribution in [-0.4, -0.2) is 44.9 Å². The van der Waals surface area contributed by atoms with Crippen molar-refractivity contribution in [3.8, 4) is 11.5 Å². The van der Waals surface area contributed by atoms with Crippen LogP contribution < -0.4 is 14.6 Å². The normalized spacial score (nSPS) is 14.3. The Labute approximate surface area is 232 Å². The first kappa shape index (κ1) is 26.4. The number of nitrogens with zero attached hydrogens (tertiary/aromatic N) is 4. The number of hydrazone groups is 2. The van der Waals surface area contributed by atoms with Gasteiger partial charge in [-0.25, -0.2) is 0 Å². The number of carbonyl (C=O) groups excluding carboxylic acids is 1. The molecule has 0 unspecified atom stereocenters. The van der Waals surface area contributed by atoms with Crippen molar-refractivity contribution in [1.82, 2.24) is 0 Å². The largest absolute Gasteiger partial charge is 0.497 e. The summed E-state index contributed by atoms with van der Waals surface area (Å²) in [4.78, 5) is 18.7. The summed E-state index contributed by atoms with van der Waals surface area (Å²) in [6.07, 6.45) is 1.57. The van der Waals surface area contributed by atoms with Gasteiger partial charge in [-0.3, -0.25) is 9.79 Å². The maximum absolute atomic E-state index is 14.0. The van der Waals surface area contributed by atoms with Crippen LogP contribution in [0, 0.1) is 5.41 Å². The molecular formula is C32H28N4O4.